The van der Waals surface area contributed by atoms with Crippen LogP contribution in [0.1, 0.15) is 60.7 Å². The van der Waals surface area contributed by atoms with Crippen molar-refractivity contribution in [3.63, 3.8) is 0 Å². The predicted molar refractivity (Wildman–Crippen MR) is 111 cm³/mol. The van der Waals surface area contributed by atoms with Crippen LogP contribution in [0.25, 0.3) is 0 Å². The molecule has 2 aliphatic rings. The Labute approximate surface area is 171 Å². The summed E-state index contributed by atoms with van der Waals surface area (Å²) in [5.74, 6) is -0.502. The minimum atomic E-state index is -0.521. The number of carbonyl (C=O) groups is 3. The van der Waals surface area contributed by atoms with Gasteiger partial charge in [-0.3, -0.25) is 14.5 Å². The molecule has 3 rings (SSSR count). The molecule has 1 aromatic rings. The Hall–Kier alpha value is -2.89. The molecule has 1 saturated heterocycles. The first-order chi connectivity index (χ1) is 13.7. The predicted octanol–water partition coefficient (Wildman–Crippen LogP) is 4.19. The molecule has 1 fully saturated rings. The number of amides is 3. The molecule has 0 aliphatic carbocycles. The molecule has 0 bridgehead atoms. The van der Waals surface area contributed by atoms with Gasteiger partial charge in [0.25, 0.3) is 11.8 Å². The van der Waals surface area contributed by atoms with Crippen molar-refractivity contribution in [3.8, 4) is 0 Å². The standard InChI is InChI=1S/C23H28N2O4/c1-5-8-17(15-25-20(26)18-9-6-7-10-19(18)21(25)27)16-11-13-24(14-12-16)22(28)29-23(2,3)4/h5-7,9-10H,1,8,11-15H2,2-4H3. The van der Waals surface area contributed by atoms with Gasteiger partial charge in [0.2, 0.25) is 0 Å². The van der Waals surface area contributed by atoms with E-state index in [4.69, 9.17) is 4.74 Å². The summed E-state index contributed by atoms with van der Waals surface area (Å²) in [4.78, 5) is 40.7. The van der Waals surface area contributed by atoms with Crippen LogP contribution in [0.3, 0.4) is 0 Å². The van der Waals surface area contributed by atoms with Crippen LogP contribution in [-0.2, 0) is 4.74 Å². The zero-order valence-corrected chi connectivity index (χ0v) is 17.4. The van der Waals surface area contributed by atoms with E-state index in [9.17, 15) is 14.4 Å². The Morgan fingerprint density at radius 1 is 1.10 bits per heavy atom. The summed E-state index contributed by atoms with van der Waals surface area (Å²) < 4.78 is 5.45. The Kier molecular flexibility index (Phi) is 5.91. The largest absolute Gasteiger partial charge is 0.444 e. The van der Waals surface area contributed by atoms with Gasteiger partial charge in [0.1, 0.15) is 5.60 Å². The molecule has 0 spiro atoms. The summed E-state index contributed by atoms with van der Waals surface area (Å²) in [5, 5.41) is 0. The highest BCUT2D eigenvalue weighted by atomic mass is 16.6. The highest BCUT2D eigenvalue weighted by molar-refractivity contribution is 6.21. The lowest BCUT2D eigenvalue weighted by Gasteiger charge is -2.32. The Morgan fingerprint density at radius 3 is 2.14 bits per heavy atom. The number of hydrogen-bond donors (Lipinski definition) is 0. The molecule has 6 nitrogen and oxygen atoms in total. The molecule has 0 radical (unpaired) electrons. The molecular weight excluding hydrogens is 368 g/mol. The number of piperidine rings is 1. The van der Waals surface area contributed by atoms with Crippen LogP contribution in [-0.4, -0.2) is 52.9 Å². The molecule has 2 heterocycles. The maximum Gasteiger partial charge on any atom is 0.410 e. The second-order valence-electron chi connectivity index (χ2n) is 8.41. The molecule has 3 amide bonds. The number of carbonyl (C=O) groups excluding carboxylic acids is 3. The summed E-state index contributed by atoms with van der Waals surface area (Å²) in [6.45, 7) is 10.8. The van der Waals surface area contributed by atoms with Crippen LogP contribution >= 0.6 is 0 Å². The van der Waals surface area contributed by atoms with Crippen LogP contribution in [0, 0.1) is 0 Å². The SMILES string of the molecule is C=CCC(CN1C(=O)c2ccccc2C1=O)=C1CCN(C(=O)OC(C)(C)C)CC1. The molecule has 0 unspecified atom stereocenters. The second kappa shape index (κ2) is 8.23. The lowest BCUT2D eigenvalue weighted by atomic mass is 9.95. The van der Waals surface area contributed by atoms with Crippen molar-refractivity contribution >= 4 is 17.9 Å². The van der Waals surface area contributed by atoms with E-state index in [1.54, 1.807) is 35.2 Å². The quantitative estimate of drug-likeness (QED) is 0.565. The monoisotopic (exact) mass is 396 g/mol. The number of likely N-dealkylation sites (tertiary alicyclic amines) is 1. The van der Waals surface area contributed by atoms with E-state index in [1.807, 2.05) is 20.8 Å². The maximum atomic E-state index is 12.7. The van der Waals surface area contributed by atoms with Crippen LogP contribution in [0.4, 0.5) is 4.79 Å². The van der Waals surface area contributed by atoms with Gasteiger partial charge >= 0.3 is 6.09 Å². The van der Waals surface area contributed by atoms with Gasteiger partial charge in [-0.1, -0.05) is 23.8 Å². The smallest absolute Gasteiger partial charge is 0.410 e. The lowest BCUT2D eigenvalue weighted by molar-refractivity contribution is 0.0235. The van der Waals surface area contributed by atoms with E-state index < -0.39 is 5.60 Å². The fraction of sp³-hybridized carbons (Fsp3) is 0.435. The third-order valence-corrected chi connectivity index (χ3v) is 5.14. The zero-order valence-electron chi connectivity index (χ0n) is 17.4. The molecular formula is C23H28N2O4. The van der Waals surface area contributed by atoms with Crippen LogP contribution in [0.2, 0.25) is 0 Å². The Morgan fingerprint density at radius 2 is 1.66 bits per heavy atom. The zero-order chi connectivity index (χ0) is 21.2. The number of fused-ring (bicyclic) bond motifs is 1. The summed E-state index contributed by atoms with van der Waals surface area (Å²) >= 11 is 0. The maximum absolute atomic E-state index is 12.7. The molecule has 6 heteroatoms. The van der Waals surface area contributed by atoms with Crippen molar-refractivity contribution in [1.82, 2.24) is 9.80 Å². The molecule has 0 aromatic heterocycles. The molecule has 0 saturated carbocycles. The summed E-state index contributed by atoms with van der Waals surface area (Å²) in [7, 11) is 0. The van der Waals surface area contributed by atoms with Crippen molar-refractivity contribution in [3.05, 3.63) is 59.2 Å². The molecule has 1 aromatic carbocycles. The summed E-state index contributed by atoms with van der Waals surface area (Å²) in [5.41, 5.74) is 2.60. The van der Waals surface area contributed by atoms with Gasteiger partial charge in [-0.15, -0.1) is 6.58 Å². The van der Waals surface area contributed by atoms with Crippen LogP contribution < -0.4 is 0 Å². The first kappa shape index (κ1) is 20.8. The van der Waals surface area contributed by atoms with Crippen molar-refractivity contribution < 1.29 is 19.1 Å². The summed E-state index contributed by atoms with van der Waals surface area (Å²) in [6.07, 6.45) is 3.50. The van der Waals surface area contributed by atoms with E-state index in [2.05, 4.69) is 6.58 Å². The Balaban J connectivity index is 1.72. The van der Waals surface area contributed by atoms with Crippen LogP contribution in [0.5, 0.6) is 0 Å². The molecule has 154 valence electrons. The Bertz CT molecular complexity index is 834. The van der Waals surface area contributed by atoms with Gasteiger partial charge < -0.3 is 9.64 Å². The molecule has 29 heavy (non-hydrogen) atoms. The van der Waals surface area contributed by atoms with Crippen molar-refractivity contribution in [2.24, 2.45) is 0 Å². The third kappa shape index (κ3) is 4.58. The van der Waals surface area contributed by atoms with Crippen molar-refractivity contribution in [2.75, 3.05) is 19.6 Å². The van der Waals surface area contributed by atoms with Crippen molar-refractivity contribution in [1.29, 1.82) is 0 Å². The minimum Gasteiger partial charge on any atom is -0.444 e. The van der Waals surface area contributed by atoms with E-state index in [1.165, 1.54) is 10.5 Å². The van der Waals surface area contributed by atoms with Gasteiger partial charge in [0.15, 0.2) is 0 Å². The normalized spacial score (nSPS) is 16.7. The first-order valence-corrected chi connectivity index (χ1v) is 9.95. The molecule has 0 N–H and O–H groups in total. The topological polar surface area (TPSA) is 66.9 Å². The first-order valence-electron chi connectivity index (χ1n) is 9.95. The number of ether oxygens (including phenoxy) is 1. The third-order valence-electron chi connectivity index (χ3n) is 5.14. The number of allylic oxidation sites excluding steroid dienone is 1. The average Bonchev–Trinajstić information content (AvgIpc) is 2.91. The minimum absolute atomic E-state index is 0.251. The molecule has 0 atom stereocenters. The second-order valence-corrected chi connectivity index (χ2v) is 8.41. The van der Waals surface area contributed by atoms with Gasteiger partial charge in [0, 0.05) is 13.1 Å². The van der Waals surface area contributed by atoms with E-state index in [0.29, 0.717) is 43.5 Å². The number of imide groups is 1. The van der Waals surface area contributed by atoms with E-state index in [-0.39, 0.29) is 24.5 Å². The van der Waals surface area contributed by atoms with E-state index >= 15 is 0 Å². The number of nitrogens with zero attached hydrogens (tertiary/aromatic N) is 2. The van der Waals surface area contributed by atoms with Gasteiger partial charge in [-0.2, -0.15) is 0 Å². The fourth-order valence-electron chi connectivity index (χ4n) is 3.71. The lowest BCUT2D eigenvalue weighted by Crippen LogP contribution is -2.40. The van der Waals surface area contributed by atoms with Crippen LogP contribution in [0.15, 0.2) is 48.1 Å². The number of rotatable bonds is 4. The fourth-order valence-corrected chi connectivity index (χ4v) is 3.71. The molecule has 2 aliphatic heterocycles. The van der Waals surface area contributed by atoms with Crippen molar-refractivity contribution in [2.45, 2.75) is 45.6 Å². The summed E-state index contributed by atoms with van der Waals surface area (Å²) in [6, 6.07) is 6.91. The highest BCUT2D eigenvalue weighted by Gasteiger charge is 2.36. The van der Waals surface area contributed by atoms with Gasteiger partial charge in [-0.05, 0) is 57.7 Å². The average molecular weight is 396 g/mol. The highest BCUT2D eigenvalue weighted by Crippen LogP contribution is 2.28. The van der Waals surface area contributed by atoms with E-state index in [0.717, 1.165) is 5.57 Å². The number of benzene rings is 1. The van der Waals surface area contributed by atoms with Gasteiger partial charge in [0.05, 0.1) is 17.7 Å². The van der Waals surface area contributed by atoms with Gasteiger partial charge in [-0.25, -0.2) is 4.79 Å². The number of hydrogen-bond acceptors (Lipinski definition) is 4.